The van der Waals surface area contributed by atoms with Gasteiger partial charge in [0.05, 0.1) is 5.92 Å². The predicted molar refractivity (Wildman–Crippen MR) is 99.0 cm³/mol. The second-order valence-corrected chi connectivity index (χ2v) is 6.43. The summed E-state index contributed by atoms with van der Waals surface area (Å²) in [7, 11) is 0. The third-order valence-corrected chi connectivity index (χ3v) is 4.41. The maximum Gasteiger partial charge on any atom is 0.314 e. The van der Waals surface area contributed by atoms with Crippen LogP contribution < -0.4 is 21.3 Å². The van der Waals surface area contributed by atoms with Crippen molar-refractivity contribution in [2.45, 2.75) is 19.4 Å². The molecule has 0 saturated carbocycles. The van der Waals surface area contributed by atoms with E-state index in [4.69, 9.17) is 14.9 Å². The number of rotatable bonds is 5. The summed E-state index contributed by atoms with van der Waals surface area (Å²) in [5.41, 5.74) is 9.94. The van der Waals surface area contributed by atoms with Gasteiger partial charge in [-0.25, -0.2) is 4.79 Å². The molecule has 2 heterocycles. The molecule has 0 bridgehead atoms. The van der Waals surface area contributed by atoms with E-state index in [1.165, 1.54) is 11.0 Å². The lowest BCUT2D eigenvalue weighted by atomic mass is 9.98. The van der Waals surface area contributed by atoms with Crippen molar-refractivity contribution in [1.29, 1.82) is 0 Å². The molecular formula is C19H22N4O5. The highest BCUT2D eigenvalue weighted by molar-refractivity contribution is 5.93. The quantitative estimate of drug-likeness (QED) is 0.670. The highest BCUT2D eigenvalue weighted by Gasteiger charge is 2.27. The van der Waals surface area contributed by atoms with Gasteiger partial charge in [-0.2, -0.15) is 0 Å². The molecule has 0 spiro atoms. The number of amides is 4. The molecule has 1 aliphatic rings. The van der Waals surface area contributed by atoms with Crippen molar-refractivity contribution in [3.05, 3.63) is 54.0 Å². The fourth-order valence-electron chi connectivity index (χ4n) is 2.92. The largest absolute Gasteiger partial charge is 0.486 e. The molecule has 1 aliphatic heterocycles. The minimum atomic E-state index is -0.582. The third-order valence-electron chi connectivity index (χ3n) is 4.41. The lowest BCUT2D eigenvalue weighted by Gasteiger charge is -2.30. The zero-order chi connectivity index (χ0) is 19.9. The Morgan fingerprint density at radius 1 is 1.14 bits per heavy atom. The average molecular weight is 386 g/mol. The predicted octanol–water partition coefficient (Wildman–Crippen LogP) is 1.41. The molecule has 9 heteroatoms. The zero-order valence-corrected chi connectivity index (χ0v) is 15.2. The molecule has 3 rings (SSSR count). The van der Waals surface area contributed by atoms with Crippen LogP contribution in [0.1, 0.15) is 29.2 Å². The normalized spacial score (nSPS) is 16.3. The van der Waals surface area contributed by atoms with Gasteiger partial charge in [0, 0.05) is 13.1 Å². The number of piperidine rings is 1. The molecule has 148 valence electrons. The van der Waals surface area contributed by atoms with Crippen LogP contribution >= 0.6 is 0 Å². The Hall–Kier alpha value is -3.49. The summed E-state index contributed by atoms with van der Waals surface area (Å²) in [5.74, 6) is -0.165. The van der Waals surface area contributed by atoms with Gasteiger partial charge < -0.3 is 19.8 Å². The molecular weight excluding hydrogens is 364 g/mol. The number of primary amides is 1. The Balaban J connectivity index is 1.46. The van der Waals surface area contributed by atoms with E-state index >= 15 is 0 Å². The molecule has 1 aromatic heterocycles. The van der Waals surface area contributed by atoms with E-state index in [0.717, 1.165) is 0 Å². The van der Waals surface area contributed by atoms with Gasteiger partial charge in [-0.15, -0.1) is 0 Å². The van der Waals surface area contributed by atoms with E-state index in [2.05, 4.69) is 10.9 Å². The molecule has 28 heavy (non-hydrogen) atoms. The number of nitrogens with zero attached hydrogens (tertiary/aromatic N) is 1. The number of likely N-dealkylation sites (tertiary alicyclic amines) is 1. The first-order valence-electron chi connectivity index (χ1n) is 8.94. The van der Waals surface area contributed by atoms with Crippen molar-refractivity contribution >= 4 is 17.8 Å². The maximum atomic E-state index is 12.2. The molecule has 4 amide bonds. The smallest absolute Gasteiger partial charge is 0.314 e. The Morgan fingerprint density at radius 3 is 2.68 bits per heavy atom. The van der Waals surface area contributed by atoms with Crippen molar-refractivity contribution < 1.29 is 23.5 Å². The molecule has 4 N–H and O–H groups in total. The van der Waals surface area contributed by atoms with Crippen molar-refractivity contribution in [2.75, 3.05) is 13.1 Å². The Morgan fingerprint density at radius 2 is 1.93 bits per heavy atom. The van der Waals surface area contributed by atoms with E-state index in [9.17, 15) is 14.4 Å². The van der Waals surface area contributed by atoms with E-state index in [1.807, 2.05) is 30.3 Å². The summed E-state index contributed by atoms with van der Waals surface area (Å²) in [5, 5.41) is 0. The SMILES string of the molecule is NC(=O)N1CCC[C@@H](C(=O)NNC(=O)c2ccc(COc3ccccc3)o2)C1. The van der Waals surface area contributed by atoms with Gasteiger partial charge in [-0.3, -0.25) is 20.4 Å². The third kappa shape index (κ3) is 5.03. The second-order valence-electron chi connectivity index (χ2n) is 6.43. The number of para-hydroxylation sites is 1. The fourth-order valence-corrected chi connectivity index (χ4v) is 2.92. The fraction of sp³-hybridized carbons (Fsp3) is 0.316. The van der Waals surface area contributed by atoms with Crippen LogP contribution in [-0.2, 0) is 11.4 Å². The summed E-state index contributed by atoms with van der Waals surface area (Å²) in [6.07, 6.45) is 1.30. The molecule has 0 aliphatic carbocycles. The number of hydrazine groups is 1. The summed E-state index contributed by atoms with van der Waals surface area (Å²) in [6, 6.07) is 11.8. The van der Waals surface area contributed by atoms with Crippen LogP contribution in [0, 0.1) is 5.92 Å². The molecule has 0 radical (unpaired) electrons. The number of nitrogens with two attached hydrogens (primary N) is 1. The van der Waals surface area contributed by atoms with Crippen molar-refractivity contribution in [3.63, 3.8) is 0 Å². The van der Waals surface area contributed by atoms with E-state index < -0.39 is 17.9 Å². The standard InChI is InChI=1S/C19H22N4O5/c20-19(26)23-10-4-5-13(11-23)17(24)21-22-18(25)16-9-8-15(28-16)12-27-14-6-2-1-3-7-14/h1-3,6-9,13H,4-5,10-12H2,(H2,20,26)(H,21,24)(H,22,25)/t13-/m1/s1. The highest BCUT2D eigenvalue weighted by Crippen LogP contribution is 2.16. The van der Waals surface area contributed by atoms with Gasteiger partial charge in [0.2, 0.25) is 5.91 Å². The van der Waals surface area contributed by atoms with Gasteiger partial charge in [0.25, 0.3) is 0 Å². The Labute approximate surface area is 161 Å². The van der Waals surface area contributed by atoms with Crippen LogP contribution in [-0.4, -0.2) is 35.8 Å². The number of carbonyl (C=O) groups excluding carboxylic acids is 3. The Bertz CT molecular complexity index is 836. The highest BCUT2D eigenvalue weighted by atomic mass is 16.5. The lowest BCUT2D eigenvalue weighted by molar-refractivity contribution is -0.127. The second kappa shape index (κ2) is 8.94. The number of carbonyl (C=O) groups is 3. The van der Waals surface area contributed by atoms with Crippen molar-refractivity contribution in [3.8, 4) is 5.75 Å². The average Bonchev–Trinajstić information content (AvgIpc) is 3.20. The number of urea groups is 1. The minimum absolute atomic E-state index is 0.0503. The molecule has 9 nitrogen and oxygen atoms in total. The van der Waals surface area contributed by atoms with Gasteiger partial charge >= 0.3 is 11.9 Å². The van der Waals surface area contributed by atoms with E-state index in [-0.39, 0.29) is 24.8 Å². The van der Waals surface area contributed by atoms with Crippen LogP contribution in [0.2, 0.25) is 0 Å². The Kier molecular flexibility index (Phi) is 6.15. The van der Waals surface area contributed by atoms with Gasteiger partial charge in [-0.1, -0.05) is 18.2 Å². The minimum Gasteiger partial charge on any atom is -0.486 e. The summed E-state index contributed by atoms with van der Waals surface area (Å²) >= 11 is 0. The number of hydrogen-bond donors (Lipinski definition) is 3. The molecule has 2 aromatic rings. The number of hydrogen-bond acceptors (Lipinski definition) is 5. The van der Waals surface area contributed by atoms with Crippen LogP contribution in [0.4, 0.5) is 4.79 Å². The summed E-state index contributed by atoms with van der Waals surface area (Å²) in [4.78, 5) is 37.0. The van der Waals surface area contributed by atoms with Crippen LogP contribution in [0.25, 0.3) is 0 Å². The van der Waals surface area contributed by atoms with Crippen molar-refractivity contribution in [2.24, 2.45) is 11.7 Å². The van der Waals surface area contributed by atoms with E-state index in [0.29, 0.717) is 30.9 Å². The maximum absolute atomic E-state index is 12.2. The lowest BCUT2D eigenvalue weighted by Crippen LogP contribution is -2.50. The summed E-state index contributed by atoms with van der Waals surface area (Å²) in [6.45, 7) is 0.944. The zero-order valence-electron chi connectivity index (χ0n) is 15.2. The first-order chi connectivity index (χ1) is 13.5. The monoisotopic (exact) mass is 386 g/mol. The topological polar surface area (TPSA) is 127 Å². The van der Waals surface area contributed by atoms with Crippen LogP contribution in [0.15, 0.2) is 46.9 Å². The molecule has 1 saturated heterocycles. The summed E-state index contributed by atoms with van der Waals surface area (Å²) < 4.78 is 11.0. The first kappa shape index (κ1) is 19.3. The molecule has 1 aromatic carbocycles. The number of nitrogens with one attached hydrogen (secondary N) is 2. The van der Waals surface area contributed by atoms with Crippen molar-refractivity contribution in [1.82, 2.24) is 15.8 Å². The molecule has 1 fully saturated rings. The van der Waals surface area contributed by atoms with Gasteiger partial charge in [0.1, 0.15) is 18.1 Å². The van der Waals surface area contributed by atoms with E-state index in [1.54, 1.807) is 6.07 Å². The number of ether oxygens (including phenoxy) is 1. The molecule has 1 atom stereocenters. The van der Waals surface area contributed by atoms with Gasteiger partial charge in [-0.05, 0) is 37.1 Å². The number of benzene rings is 1. The first-order valence-corrected chi connectivity index (χ1v) is 8.94. The molecule has 0 unspecified atom stereocenters. The number of furan rings is 1. The van der Waals surface area contributed by atoms with Crippen LogP contribution in [0.3, 0.4) is 0 Å². The van der Waals surface area contributed by atoms with Gasteiger partial charge in [0.15, 0.2) is 5.76 Å². The van der Waals surface area contributed by atoms with Crippen LogP contribution in [0.5, 0.6) is 5.75 Å².